The molecular weight excluding hydrogens is 308 g/mol. The average Bonchev–Trinajstić information content (AvgIpc) is 3.35. The van der Waals surface area contributed by atoms with Crippen molar-refractivity contribution in [3.05, 3.63) is 46.0 Å². The first-order chi connectivity index (χ1) is 11.7. The number of carbonyl (C=O) groups excluding carboxylic acids is 1. The molecule has 2 aromatic rings. The molecule has 2 fully saturated rings. The Bertz CT molecular complexity index is 773. The van der Waals surface area contributed by atoms with E-state index < -0.39 is 0 Å². The van der Waals surface area contributed by atoms with Crippen molar-refractivity contribution in [1.82, 2.24) is 20.0 Å². The molecule has 2 aliphatic rings. The quantitative estimate of drug-likeness (QED) is 0.923. The number of rotatable bonds is 4. The van der Waals surface area contributed by atoms with E-state index in [0.717, 1.165) is 44.5 Å². The topological polar surface area (TPSA) is 92.1 Å². The van der Waals surface area contributed by atoms with Gasteiger partial charge in [0.05, 0.1) is 5.56 Å². The molecule has 0 spiro atoms. The van der Waals surface area contributed by atoms with E-state index in [1.165, 1.54) is 12.3 Å². The zero-order chi connectivity index (χ0) is 16.5. The van der Waals surface area contributed by atoms with Crippen molar-refractivity contribution in [1.29, 1.82) is 0 Å². The normalized spacial score (nSPS) is 21.0. The highest BCUT2D eigenvalue weighted by Gasteiger charge is 2.30. The van der Waals surface area contributed by atoms with Gasteiger partial charge in [-0.25, -0.2) is 0 Å². The average molecular weight is 328 g/mol. The van der Waals surface area contributed by atoms with Crippen LogP contribution in [-0.4, -0.2) is 39.0 Å². The smallest absolute Gasteiger partial charge is 0.255 e. The van der Waals surface area contributed by atoms with Crippen LogP contribution in [-0.2, 0) is 6.42 Å². The highest BCUT2D eigenvalue weighted by atomic mass is 16.5. The van der Waals surface area contributed by atoms with Crippen LogP contribution < -0.4 is 5.56 Å². The summed E-state index contributed by atoms with van der Waals surface area (Å²) in [5.41, 5.74) is 0.315. The van der Waals surface area contributed by atoms with E-state index in [4.69, 9.17) is 4.52 Å². The summed E-state index contributed by atoms with van der Waals surface area (Å²) in [6.45, 7) is 1.42. The van der Waals surface area contributed by atoms with E-state index in [1.807, 2.05) is 4.90 Å². The fourth-order valence-corrected chi connectivity index (χ4v) is 3.25. The number of aromatic nitrogens is 3. The van der Waals surface area contributed by atoms with Gasteiger partial charge in [-0.2, -0.15) is 4.98 Å². The molecule has 0 radical (unpaired) electrons. The van der Waals surface area contributed by atoms with E-state index >= 15 is 0 Å². The molecule has 1 aliphatic heterocycles. The number of hydrogen-bond acceptors (Lipinski definition) is 5. The van der Waals surface area contributed by atoms with Crippen molar-refractivity contribution in [2.75, 3.05) is 13.1 Å². The van der Waals surface area contributed by atoms with Crippen molar-refractivity contribution in [2.45, 2.75) is 38.0 Å². The molecule has 126 valence electrons. The van der Waals surface area contributed by atoms with E-state index in [9.17, 15) is 9.59 Å². The van der Waals surface area contributed by atoms with Crippen LogP contribution in [0.25, 0.3) is 0 Å². The first kappa shape index (κ1) is 15.1. The number of likely N-dealkylation sites (tertiary alicyclic amines) is 1. The van der Waals surface area contributed by atoms with Crippen LogP contribution in [0.2, 0.25) is 0 Å². The Morgan fingerprint density at radius 1 is 1.33 bits per heavy atom. The minimum atomic E-state index is -0.203. The Morgan fingerprint density at radius 2 is 2.21 bits per heavy atom. The highest BCUT2D eigenvalue weighted by Crippen LogP contribution is 2.38. The van der Waals surface area contributed by atoms with Gasteiger partial charge in [-0.1, -0.05) is 5.16 Å². The third-order valence-corrected chi connectivity index (χ3v) is 4.73. The van der Waals surface area contributed by atoms with Gasteiger partial charge in [-0.15, -0.1) is 0 Å². The number of hydrogen-bond donors (Lipinski definition) is 1. The number of pyridine rings is 1. The number of amides is 1. The van der Waals surface area contributed by atoms with Crippen molar-refractivity contribution < 1.29 is 9.32 Å². The number of nitrogens with zero attached hydrogens (tertiary/aromatic N) is 3. The largest absolute Gasteiger partial charge is 0.339 e. The van der Waals surface area contributed by atoms with Crippen molar-refractivity contribution in [3.8, 4) is 0 Å². The van der Waals surface area contributed by atoms with Gasteiger partial charge in [0.25, 0.3) is 5.91 Å². The maximum absolute atomic E-state index is 12.6. The SMILES string of the molecule is O=C(c1ccc(=O)[nH]c1)N1CCCC(Cc2nc(C3CC3)no2)C1. The lowest BCUT2D eigenvalue weighted by Gasteiger charge is -2.32. The zero-order valence-corrected chi connectivity index (χ0v) is 13.4. The molecule has 2 aromatic heterocycles. The van der Waals surface area contributed by atoms with Gasteiger partial charge in [0.2, 0.25) is 11.4 Å². The van der Waals surface area contributed by atoms with Gasteiger partial charge < -0.3 is 14.4 Å². The van der Waals surface area contributed by atoms with E-state index in [2.05, 4.69) is 15.1 Å². The molecule has 1 unspecified atom stereocenters. The third-order valence-electron chi connectivity index (χ3n) is 4.73. The Labute approximate surface area is 139 Å². The molecule has 0 aromatic carbocycles. The molecule has 1 saturated heterocycles. The Kier molecular flexibility index (Phi) is 3.92. The summed E-state index contributed by atoms with van der Waals surface area (Å²) in [4.78, 5) is 32.6. The summed E-state index contributed by atoms with van der Waals surface area (Å²) >= 11 is 0. The minimum Gasteiger partial charge on any atom is -0.339 e. The molecule has 1 saturated carbocycles. The maximum Gasteiger partial charge on any atom is 0.255 e. The molecule has 0 bridgehead atoms. The number of piperidine rings is 1. The van der Waals surface area contributed by atoms with Crippen LogP contribution in [0.3, 0.4) is 0 Å². The first-order valence-electron chi connectivity index (χ1n) is 8.49. The summed E-state index contributed by atoms with van der Waals surface area (Å²) in [6, 6.07) is 2.96. The number of carbonyl (C=O) groups is 1. The molecule has 4 rings (SSSR count). The lowest BCUT2D eigenvalue weighted by molar-refractivity contribution is 0.0667. The van der Waals surface area contributed by atoms with E-state index in [-0.39, 0.29) is 11.5 Å². The van der Waals surface area contributed by atoms with Crippen LogP contribution in [0.4, 0.5) is 0 Å². The van der Waals surface area contributed by atoms with Gasteiger partial charge in [-0.05, 0) is 37.7 Å². The van der Waals surface area contributed by atoms with Crippen molar-refractivity contribution in [3.63, 3.8) is 0 Å². The number of H-pyrrole nitrogens is 1. The maximum atomic E-state index is 12.6. The first-order valence-corrected chi connectivity index (χ1v) is 8.49. The Morgan fingerprint density at radius 3 is 2.96 bits per heavy atom. The zero-order valence-electron chi connectivity index (χ0n) is 13.4. The number of nitrogens with one attached hydrogen (secondary N) is 1. The fraction of sp³-hybridized carbons (Fsp3) is 0.529. The standard InChI is InChI=1S/C17H20N4O3/c22-14-6-5-13(9-18-14)17(23)21-7-1-2-11(10-21)8-15-19-16(20-24-15)12-3-4-12/h5-6,9,11-12H,1-4,7-8,10H2,(H,18,22). The summed E-state index contributed by atoms with van der Waals surface area (Å²) in [6.07, 6.45) is 6.52. The molecule has 1 aliphatic carbocycles. The predicted octanol–water partition coefficient (Wildman–Crippen LogP) is 1.73. The summed E-state index contributed by atoms with van der Waals surface area (Å²) < 4.78 is 5.36. The van der Waals surface area contributed by atoms with Gasteiger partial charge in [0, 0.05) is 37.7 Å². The molecule has 1 atom stereocenters. The highest BCUT2D eigenvalue weighted by molar-refractivity contribution is 5.93. The van der Waals surface area contributed by atoms with Crippen molar-refractivity contribution >= 4 is 5.91 Å². The fourth-order valence-electron chi connectivity index (χ4n) is 3.25. The monoisotopic (exact) mass is 328 g/mol. The summed E-state index contributed by atoms with van der Waals surface area (Å²) in [5, 5.41) is 4.05. The second-order valence-electron chi connectivity index (χ2n) is 6.73. The molecule has 3 heterocycles. The van der Waals surface area contributed by atoms with Crippen LogP contribution >= 0.6 is 0 Å². The number of aromatic amines is 1. The summed E-state index contributed by atoms with van der Waals surface area (Å²) in [5.74, 6) is 2.30. The molecule has 7 heteroatoms. The van der Waals surface area contributed by atoms with Crippen LogP contribution in [0.1, 0.15) is 53.7 Å². The third kappa shape index (κ3) is 3.25. The molecular formula is C17H20N4O3. The lowest BCUT2D eigenvalue weighted by atomic mass is 9.94. The minimum absolute atomic E-state index is 0.0415. The predicted molar refractivity (Wildman–Crippen MR) is 85.7 cm³/mol. The molecule has 24 heavy (non-hydrogen) atoms. The van der Waals surface area contributed by atoms with E-state index in [1.54, 1.807) is 6.07 Å². The summed E-state index contributed by atoms with van der Waals surface area (Å²) in [7, 11) is 0. The molecule has 1 N–H and O–H groups in total. The lowest BCUT2D eigenvalue weighted by Crippen LogP contribution is -2.40. The van der Waals surface area contributed by atoms with Crippen LogP contribution in [0, 0.1) is 5.92 Å². The Hall–Kier alpha value is -2.44. The molecule has 1 amide bonds. The molecule has 7 nitrogen and oxygen atoms in total. The van der Waals surface area contributed by atoms with Crippen molar-refractivity contribution in [2.24, 2.45) is 5.92 Å². The van der Waals surface area contributed by atoms with Crippen LogP contribution in [0.5, 0.6) is 0 Å². The van der Waals surface area contributed by atoms with Crippen LogP contribution in [0.15, 0.2) is 27.6 Å². The van der Waals surface area contributed by atoms with E-state index in [0.29, 0.717) is 29.8 Å². The second kappa shape index (κ2) is 6.22. The van der Waals surface area contributed by atoms with Gasteiger partial charge in [0.15, 0.2) is 5.82 Å². The van der Waals surface area contributed by atoms with Gasteiger partial charge >= 0.3 is 0 Å². The van der Waals surface area contributed by atoms with Gasteiger partial charge in [-0.3, -0.25) is 9.59 Å². The second-order valence-corrected chi connectivity index (χ2v) is 6.73. The Balaban J connectivity index is 1.40. The van der Waals surface area contributed by atoms with Gasteiger partial charge in [0.1, 0.15) is 0 Å².